The molecule has 1 aromatic heterocycles. The third-order valence-electron chi connectivity index (χ3n) is 3.31. The van der Waals surface area contributed by atoms with E-state index in [1.54, 1.807) is 11.9 Å². The molecule has 1 unspecified atom stereocenters. The van der Waals surface area contributed by atoms with Crippen LogP contribution in [0.5, 0.6) is 0 Å². The van der Waals surface area contributed by atoms with Gasteiger partial charge in [-0.3, -0.25) is 9.69 Å². The lowest BCUT2D eigenvalue weighted by molar-refractivity contribution is -0.138. The molecular weight excluding hydrogens is 272 g/mol. The molecule has 0 spiro atoms. The number of aliphatic carboxylic acids is 1. The first-order valence-electron chi connectivity index (χ1n) is 7.03. The molecule has 0 amide bonds. The van der Waals surface area contributed by atoms with Crippen molar-refractivity contribution in [3.05, 3.63) is 17.5 Å². The van der Waals surface area contributed by atoms with E-state index in [1.807, 2.05) is 19.9 Å². The van der Waals surface area contributed by atoms with Crippen molar-refractivity contribution in [2.45, 2.75) is 20.0 Å². The summed E-state index contributed by atoms with van der Waals surface area (Å²) in [6, 6.07) is 1.95. The van der Waals surface area contributed by atoms with Gasteiger partial charge in [0.25, 0.3) is 0 Å². The van der Waals surface area contributed by atoms with Crippen molar-refractivity contribution in [3.8, 4) is 0 Å². The van der Waals surface area contributed by atoms with Gasteiger partial charge in [-0.05, 0) is 27.0 Å². The highest BCUT2D eigenvalue weighted by Gasteiger charge is 2.24. The Balaban J connectivity index is 1.98. The van der Waals surface area contributed by atoms with Crippen LogP contribution >= 0.6 is 0 Å². The Morgan fingerprint density at radius 1 is 1.48 bits per heavy atom. The summed E-state index contributed by atoms with van der Waals surface area (Å²) in [6.07, 6.45) is -0.0347. The number of aryl methyl sites for hydroxylation is 2. The highest BCUT2D eigenvalue weighted by atomic mass is 16.5. The first-order chi connectivity index (χ1) is 9.94. The fraction of sp³-hybridized carbons (Fsp3) is 0.643. The third kappa shape index (κ3) is 4.64. The van der Waals surface area contributed by atoms with Crippen molar-refractivity contribution in [2.24, 2.45) is 0 Å². The van der Waals surface area contributed by atoms with Gasteiger partial charge < -0.3 is 14.7 Å². The van der Waals surface area contributed by atoms with E-state index >= 15 is 0 Å². The van der Waals surface area contributed by atoms with Gasteiger partial charge in [0.15, 0.2) is 0 Å². The number of aromatic nitrogens is 2. The van der Waals surface area contributed by atoms with Crippen LogP contribution in [0, 0.1) is 13.8 Å². The molecule has 2 rings (SSSR count). The number of ether oxygens (including phenoxy) is 1. The smallest absolute Gasteiger partial charge is 0.317 e. The Bertz CT molecular complexity index is 489. The normalized spacial score (nSPS) is 19.0. The molecule has 116 valence electrons. The second kappa shape index (κ2) is 6.82. The van der Waals surface area contributed by atoms with Gasteiger partial charge in [-0.25, -0.2) is 9.97 Å². The Morgan fingerprint density at radius 3 is 2.76 bits per heavy atom. The lowest BCUT2D eigenvalue weighted by atomic mass is 10.2. The minimum absolute atomic E-state index is 0.0138. The van der Waals surface area contributed by atoms with Gasteiger partial charge >= 0.3 is 5.97 Å². The summed E-state index contributed by atoms with van der Waals surface area (Å²) in [5, 5.41) is 8.79. The number of nitrogens with zero attached hydrogens (tertiary/aromatic N) is 4. The molecule has 7 nitrogen and oxygen atoms in total. The molecule has 0 bridgehead atoms. The number of carbonyl (C=O) groups is 1. The monoisotopic (exact) mass is 294 g/mol. The van der Waals surface area contributed by atoms with Crippen LogP contribution in [0.3, 0.4) is 0 Å². The first-order valence-corrected chi connectivity index (χ1v) is 7.03. The Labute approximate surface area is 124 Å². The van der Waals surface area contributed by atoms with Crippen molar-refractivity contribution in [3.63, 3.8) is 0 Å². The Kier molecular flexibility index (Phi) is 5.08. The summed E-state index contributed by atoms with van der Waals surface area (Å²) in [7, 11) is 1.78. The fourth-order valence-corrected chi connectivity index (χ4v) is 2.50. The molecular formula is C14H22N4O3. The van der Waals surface area contributed by atoms with Crippen molar-refractivity contribution >= 4 is 11.9 Å². The van der Waals surface area contributed by atoms with Crippen LogP contribution in [0.15, 0.2) is 6.07 Å². The predicted molar refractivity (Wildman–Crippen MR) is 78.6 cm³/mol. The molecule has 1 aliphatic heterocycles. The number of anilines is 1. The van der Waals surface area contributed by atoms with Crippen LogP contribution in [-0.4, -0.2) is 71.9 Å². The van der Waals surface area contributed by atoms with Crippen LogP contribution in [0.25, 0.3) is 0 Å². The van der Waals surface area contributed by atoms with Gasteiger partial charge in [-0.15, -0.1) is 0 Å². The van der Waals surface area contributed by atoms with Crippen LogP contribution in [0.1, 0.15) is 11.4 Å². The quantitative estimate of drug-likeness (QED) is 0.837. The highest BCUT2D eigenvalue weighted by Crippen LogP contribution is 2.15. The van der Waals surface area contributed by atoms with Crippen LogP contribution < -0.4 is 4.90 Å². The highest BCUT2D eigenvalue weighted by molar-refractivity contribution is 5.69. The molecule has 0 saturated carbocycles. The number of hydrogen-bond acceptors (Lipinski definition) is 6. The molecule has 1 atom stereocenters. The Morgan fingerprint density at radius 2 is 2.14 bits per heavy atom. The number of morpholine rings is 1. The summed E-state index contributed by atoms with van der Waals surface area (Å²) in [4.78, 5) is 23.5. The average Bonchev–Trinajstić information content (AvgIpc) is 2.36. The molecule has 0 radical (unpaired) electrons. The number of carboxylic acids is 1. The fourth-order valence-electron chi connectivity index (χ4n) is 2.50. The first kappa shape index (κ1) is 15.7. The maximum absolute atomic E-state index is 10.7. The zero-order valence-corrected chi connectivity index (χ0v) is 12.7. The third-order valence-corrected chi connectivity index (χ3v) is 3.31. The van der Waals surface area contributed by atoms with Gasteiger partial charge in [0, 0.05) is 31.0 Å². The maximum atomic E-state index is 10.7. The summed E-state index contributed by atoms with van der Waals surface area (Å²) in [5.41, 5.74) is 1.90. The van der Waals surface area contributed by atoms with Gasteiger partial charge in [-0.2, -0.15) is 0 Å². The number of likely N-dealkylation sites (N-methyl/N-ethyl adjacent to an activating group) is 1. The van der Waals surface area contributed by atoms with Crippen molar-refractivity contribution < 1.29 is 14.6 Å². The average molecular weight is 294 g/mol. The summed E-state index contributed by atoms with van der Waals surface area (Å²) in [5.74, 6) is -0.107. The van der Waals surface area contributed by atoms with Gasteiger partial charge in [0.1, 0.15) is 0 Å². The molecule has 1 saturated heterocycles. The summed E-state index contributed by atoms with van der Waals surface area (Å²) in [6.45, 7) is 6.53. The van der Waals surface area contributed by atoms with E-state index < -0.39 is 5.97 Å². The van der Waals surface area contributed by atoms with Gasteiger partial charge in [0.2, 0.25) is 5.95 Å². The molecule has 1 aliphatic rings. The van der Waals surface area contributed by atoms with Crippen molar-refractivity contribution in [2.75, 3.05) is 44.7 Å². The lowest BCUT2D eigenvalue weighted by Crippen LogP contribution is -2.48. The molecule has 21 heavy (non-hydrogen) atoms. The van der Waals surface area contributed by atoms with Crippen molar-refractivity contribution in [1.29, 1.82) is 0 Å². The predicted octanol–water partition coefficient (Wildman–Crippen LogP) is 0.315. The summed E-state index contributed by atoms with van der Waals surface area (Å²) >= 11 is 0. The van der Waals surface area contributed by atoms with Gasteiger partial charge in [-0.1, -0.05) is 0 Å². The SMILES string of the molecule is Cc1cc(C)nc(N2CCOC(CN(C)CC(=O)O)C2)n1. The van der Waals surface area contributed by atoms with E-state index in [2.05, 4.69) is 14.9 Å². The number of rotatable bonds is 5. The molecule has 2 heterocycles. The second-order valence-corrected chi connectivity index (χ2v) is 5.48. The lowest BCUT2D eigenvalue weighted by Gasteiger charge is -2.34. The van der Waals surface area contributed by atoms with Crippen LogP contribution in [0.2, 0.25) is 0 Å². The van der Waals surface area contributed by atoms with Crippen LogP contribution in [-0.2, 0) is 9.53 Å². The van der Waals surface area contributed by atoms with E-state index in [-0.39, 0.29) is 12.6 Å². The molecule has 7 heteroatoms. The summed E-state index contributed by atoms with van der Waals surface area (Å²) < 4.78 is 5.71. The minimum Gasteiger partial charge on any atom is -0.480 e. The minimum atomic E-state index is -0.831. The molecule has 1 fully saturated rings. The zero-order chi connectivity index (χ0) is 15.4. The van der Waals surface area contributed by atoms with Crippen molar-refractivity contribution in [1.82, 2.24) is 14.9 Å². The molecule has 1 aromatic rings. The maximum Gasteiger partial charge on any atom is 0.317 e. The van der Waals surface area contributed by atoms with E-state index in [9.17, 15) is 4.79 Å². The van der Waals surface area contributed by atoms with E-state index in [4.69, 9.17) is 9.84 Å². The van der Waals surface area contributed by atoms with Gasteiger partial charge in [0.05, 0.1) is 19.3 Å². The zero-order valence-electron chi connectivity index (χ0n) is 12.7. The van der Waals surface area contributed by atoms with E-state index in [0.29, 0.717) is 19.7 Å². The standard InChI is InChI=1S/C14H22N4O3/c1-10-6-11(2)16-14(15-10)18-4-5-21-12(8-18)7-17(3)9-13(19)20/h6,12H,4-5,7-9H2,1-3H3,(H,19,20). The second-order valence-electron chi connectivity index (χ2n) is 5.48. The largest absolute Gasteiger partial charge is 0.480 e. The van der Waals surface area contributed by atoms with Crippen LogP contribution in [0.4, 0.5) is 5.95 Å². The molecule has 1 N–H and O–H groups in total. The van der Waals surface area contributed by atoms with E-state index in [0.717, 1.165) is 23.9 Å². The topological polar surface area (TPSA) is 78.8 Å². The molecule has 0 aliphatic carbocycles. The number of carboxylic acid groups (broad SMARTS) is 1. The Hall–Kier alpha value is -1.73. The van der Waals surface area contributed by atoms with E-state index in [1.165, 1.54) is 0 Å². The number of hydrogen-bond donors (Lipinski definition) is 1. The molecule has 0 aromatic carbocycles.